The second kappa shape index (κ2) is 28.0. The van der Waals surface area contributed by atoms with Gasteiger partial charge in [-0.3, -0.25) is 4.79 Å². The largest absolute Gasteiger partial charge is 0.390 e. The number of benzene rings is 4. The van der Waals surface area contributed by atoms with Gasteiger partial charge in [0.05, 0.1) is 71.4 Å². The van der Waals surface area contributed by atoms with Crippen molar-refractivity contribution in [1.82, 2.24) is 35.5 Å². The molecule has 4 N–H and O–H groups in total. The summed E-state index contributed by atoms with van der Waals surface area (Å²) in [6.45, 7) is 9.12. The van der Waals surface area contributed by atoms with Crippen LogP contribution < -0.4 is 15.5 Å². The van der Waals surface area contributed by atoms with Gasteiger partial charge in [0.2, 0.25) is 0 Å². The number of anilines is 2. The van der Waals surface area contributed by atoms with Crippen LogP contribution in [0.4, 0.5) is 11.6 Å². The Hall–Kier alpha value is -5.05. The molecule has 0 aliphatic carbocycles. The maximum Gasteiger partial charge on any atom is 0.251 e. The van der Waals surface area contributed by atoms with E-state index in [1.165, 1.54) is 12.5 Å². The lowest BCUT2D eigenvalue weighted by Crippen LogP contribution is -2.42. The molecule has 2 aliphatic heterocycles. The summed E-state index contributed by atoms with van der Waals surface area (Å²) < 4.78 is 23.5. The molecule has 404 valence electrons. The number of rotatable bonds is 26. The zero-order chi connectivity index (χ0) is 53.6. The fourth-order valence-electron chi connectivity index (χ4n) is 9.57. The van der Waals surface area contributed by atoms with Crippen molar-refractivity contribution >= 4 is 63.9 Å². The molecule has 0 saturated heterocycles. The lowest BCUT2D eigenvalue weighted by atomic mass is 9.84. The van der Waals surface area contributed by atoms with Gasteiger partial charge in [-0.1, -0.05) is 94.9 Å². The topological polar surface area (TPSA) is 180 Å². The maximum atomic E-state index is 11.9. The van der Waals surface area contributed by atoms with Crippen LogP contribution in [-0.2, 0) is 36.8 Å². The number of nitrogens with one attached hydrogen (secondary N) is 2. The van der Waals surface area contributed by atoms with Crippen molar-refractivity contribution < 1.29 is 34.0 Å². The zero-order valence-corrected chi connectivity index (χ0v) is 46.0. The van der Waals surface area contributed by atoms with Crippen LogP contribution in [0.3, 0.4) is 0 Å². The summed E-state index contributed by atoms with van der Waals surface area (Å²) >= 11 is 26.3. The number of halogens is 4. The number of amides is 1. The predicted molar refractivity (Wildman–Crippen MR) is 299 cm³/mol. The molecule has 76 heavy (non-hydrogen) atoms. The molecule has 0 bridgehead atoms. The molecule has 20 heteroatoms. The highest BCUT2D eigenvalue weighted by molar-refractivity contribution is 6.35. The van der Waals surface area contributed by atoms with E-state index >= 15 is 0 Å². The number of aromatic nitrogens is 4. The maximum absolute atomic E-state index is 11.9. The molecule has 0 fully saturated rings. The molecule has 0 unspecified atom stereocenters. The summed E-state index contributed by atoms with van der Waals surface area (Å²) in [5, 5.41) is 45.2. The molecule has 2 aliphatic rings. The van der Waals surface area contributed by atoms with Gasteiger partial charge in [0, 0.05) is 95.4 Å². The SMILES string of the molecule is C[C@@H](O)[C@@H](O)C(=O)NCCOCCOCCN(CCOCCOCCNc1cc(-c2cccc([C@@H]3CN(C)Cc4c(Cl)cc(Cl)cc43)c2)cnn1)c1cc(-c2cccc([C@H]3CN(C)Cc4c(Cl)cc(Cl)cc43)c2)cnn1. The molecule has 2 aromatic heterocycles. The van der Waals surface area contributed by atoms with Crippen LogP contribution in [0, 0.1) is 0 Å². The van der Waals surface area contributed by atoms with Gasteiger partial charge >= 0.3 is 0 Å². The van der Waals surface area contributed by atoms with Crippen molar-refractivity contribution in [3.8, 4) is 22.3 Å². The van der Waals surface area contributed by atoms with Crippen LogP contribution in [0.1, 0.15) is 52.1 Å². The van der Waals surface area contributed by atoms with Gasteiger partial charge in [-0.25, -0.2) is 0 Å². The summed E-state index contributed by atoms with van der Waals surface area (Å²) in [5.74, 6) is 0.862. The first-order valence-electron chi connectivity index (χ1n) is 25.4. The fraction of sp³-hybridized carbons (Fsp3) is 0.411. The molecule has 6 aromatic rings. The Balaban J connectivity index is 0.825. The number of hydrogen-bond donors (Lipinski definition) is 4. The summed E-state index contributed by atoms with van der Waals surface area (Å²) in [6.07, 6.45) is 0.887. The molecule has 4 atom stereocenters. The van der Waals surface area contributed by atoms with Gasteiger partial charge in [-0.15, -0.1) is 10.2 Å². The second-order valence-electron chi connectivity index (χ2n) is 19.1. The third kappa shape index (κ3) is 15.6. The highest BCUT2D eigenvalue weighted by atomic mass is 35.5. The summed E-state index contributed by atoms with van der Waals surface area (Å²) in [4.78, 5) is 18.5. The number of fused-ring (bicyclic) bond motifs is 2. The van der Waals surface area contributed by atoms with E-state index in [1.54, 1.807) is 12.4 Å². The monoisotopic (exact) mass is 1120 g/mol. The Morgan fingerprint density at radius 1 is 0.645 bits per heavy atom. The predicted octanol–water partition coefficient (Wildman–Crippen LogP) is 8.21. The quantitative estimate of drug-likeness (QED) is 0.0382. The third-order valence-electron chi connectivity index (χ3n) is 13.4. The summed E-state index contributed by atoms with van der Waals surface area (Å²) in [5.41, 5.74) is 10.7. The Kier molecular flexibility index (Phi) is 21.1. The van der Waals surface area contributed by atoms with Crippen LogP contribution in [0.2, 0.25) is 20.1 Å². The first-order chi connectivity index (χ1) is 36.8. The minimum Gasteiger partial charge on any atom is -0.390 e. The highest BCUT2D eigenvalue weighted by Crippen LogP contribution is 2.41. The normalized spacial score (nSPS) is 16.4. The number of aliphatic hydroxyl groups excluding tert-OH is 2. The second-order valence-corrected chi connectivity index (χ2v) is 20.8. The molecule has 0 spiro atoms. The van der Waals surface area contributed by atoms with E-state index in [4.69, 9.17) is 65.4 Å². The minimum atomic E-state index is -1.49. The van der Waals surface area contributed by atoms with E-state index in [2.05, 4.69) is 108 Å². The van der Waals surface area contributed by atoms with Crippen LogP contribution in [0.5, 0.6) is 0 Å². The first kappa shape index (κ1) is 57.1. The number of carbonyl (C=O) groups is 1. The smallest absolute Gasteiger partial charge is 0.251 e. The minimum absolute atomic E-state index is 0.0774. The highest BCUT2D eigenvalue weighted by Gasteiger charge is 2.29. The van der Waals surface area contributed by atoms with Gasteiger partial charge < -0.3 is 54.5 Å². The molecule has 1 amide bonds. The number of nitrogens with zero attached hydrogens (tertiary/aromatic N) is 7. The van der Waals surface area contributed by atoms with E-state index < -0.39 is 18.1 Å². The lowest BCUT2D eigenvalue weighted by Gasteiger charge is -2.33. The molecule has 8 rings (SSSR count). The van der Waals surface area contributed by atoms with Crippen LogP contribution in [0.15, 0.2) is 97.3 Å². The van der Waals surface area contributed by atoms with Crippen molar-refractivity contribution in [3.05, 3.63) is 151 Å². The number of carbonyl (C=O) groups excluding carboxylic acids is 1. The van der Waals surface area contributed by atoms with Crippen LogP contribution >= 0.6 is 46.4 Å². The van der Waals surface area contributed by atoms with Gasteiger partial charge in [0.15, 0.2) is 11.9 Å². The van der Waals surface area contributed by atoms with Gasteiger partial charge in [-0.2, -0.15) is 10.2 Å². The Labute approximate surface area is 464 Å². The van der Waals surface area contributed by atoms with Crippen molar-refractivity contribution in [3.63, 3.8) is 0 Å². The lowest BCUT2D eigenvalue weighted by molar-refractivity contribution is -0.134. The summed E-state index contributed by atoms with van der Waals surface area (Å²) in [7, 11) is 4.21. The molecular formula is C56H65Cl4N9O7. The number of hydrogen-bond acceptors (Lipinski definition) is 15. The standard InChI is InChI=1S/C56H65Cl4N9O7/c1-36(70)55(71)56(72)62-11-15-74-19-21-76-17-13-69(54-25-42(31-64-66-54)38-7-5-9-40(23-38)48-33-68(3)35-50-46(48)27-44(58)29-52(50)60)12-16-75-20-18-73-14-10-61-53-24-41(30-63-65-53)37-6-4-8-39(22-37)47-32-67(2)34-49-45(47)26-43(57)28-51(49)59/h4-9,22-31,36,47-48,55,70-71H,10-21,32-35H2,1-3H3,(H,61,65)(H,62,72)/t36-,47+,48-,55-/m1/s1. The van der Waals surface area contributed by atoms with Crippen molar-refractivity contribution in [1.29, 1.82) is 0 Å². The van der Waals surface area contributed by atoms with Crippen molar-refractivity contribution in [2.45, 2.75) is 44.1 Å². The Morgan fingerprint density at radius 3 is 1.68 bits per heavy atom. The van der Waals surface area contributed by atoms with Crippen LogP contribution in [-0.4, -0.2) is 165 Å². The fourth-order valence-corrected chi connectivity index (χ4v) is 10.7. The zero-order valence-electron chi connectivity index (χ0n) is 42.9. The first-order valence-corrected chi connectivity index (χ1v) is 26.9. The van der Waals surface area contributed by atoms with E-state index in [0.29, 0.717) is 97.6 Å². The number of ether oxygens (including phenoxy) is 4. The number of aliphatic hydroxyl groups is 2. The van der Waals surface area contributed by atoms with Crippen LogP contribution in [0.25, 0.3) is 22.3 Å². The molecule has 0 saturated carbocycles. The average molecular weight is 1120 g/mol. The van der Waals surface area contributed by atoms with Gasteiger partial charge in [0.25, 0.3) is 5.91 Å². The Bertz CT molecular complexity index is 2890. The van der Waals surface area contributed by atoms with E-state index in [9.17, 15) is 15.0 Å². The Morgan fingerprint density at radius 2 is 1.14 bits per heavy atom. The van der Waals surface area contributed by atoms with Gasteiger partial charge in [0.1, 0.15) is 5.82 Å². The molecule has 16 nitrogen and oxygen atoms in total. The molecule has 4 heterocycles. The molecule has 0 radical (unpaired) electrons. The van der Waals surface area contributed by atoms with Gasteiger partial charge in [-0.05, 0) is 102 Å². The van der Waals surface area contributed by atoms with E-state index in [-0.39, 0.29) is 25.0 Å². The summed E-state index contributed by atoms with van der Waals surface area (Å²) in [6, 6.07) is 28.7. The average Bonchev–Trinajstić information content (AvgIpc) is 3.41. The molecule has 4 aromatic carbocycles. The number of likely N-dealkylation sites (N-methyl/N-ethyl adjacent to an activating group) is 2. The third-order valence-corrected chi connectivity index (χ3v) is 14.5. The van der Waals surface area contributed by atoms with Crippen molar-refractivity contribution in [2.75, 3.05) is 116 Å². The molecular weight excluding hydrogens is 1050 g/mol. The van der Waals surface area contributed by atoms with E-state index in [0.717, 1.165) is 76.3 Å². The van der Waals surface area contributed by atoms with Crippen molar-refractivity contribution in [2.24, 2.45) is 0 Å². The van der Waals surface area contributed by atoms with E-state index in [1.807, 2.05) is 36.4 Å².